The first-order valence-electron chi connectivity index (χ1n) is 5.69. The summed E-state index contributed by atoms with van der Waals surface area (Å²) in [5.74, 6) is -0.0165. The molecule has 7 nitrogen and oxygen atoms in total. The highest BCUT2D eigenvalue weighted by Gasteiger charge is 2.06. The van der Waals surface area contributed by atoms with Crippen LogP contribution in [0, 0.1) is 0 Å². The first-order valence-corrected chi connectivity index (χ1v) is 5.69. The van der Waals surface area contributed by atoms with Gasteiger partial charge in [-0.25, -0.2) is 4.98 Å². The molecule has 0 atom stereocenters. The first kappa shape index (κ1) is 12.7. The van der Waals surface area contributed by atoms with Crippen LogP contribution in [0.4, 0.5) is 0 Å². The number of benzene rings is 1. The Morgan fingerprint density at radius 2 is 1.89 bits per heavy atom. The van der Waals surface area contributed by atoms with Gasteiger partial charge in [-0.1, -0.05) is 0 Å². The van der Waals surface area contributed by atoms with Crippen LogP contribution in [-0.2, 0) is 6.42 Å². The van der Waals surface area contributed by atoms with E-state index in [2.05, 4.69) is 20.5 Å². The summed E-state index contributed by atoms with van der Waals surface area (Å²) in [6, 6.07) is 6.16. The van der Waals surface area contributed by atoms with Gasteiger partial charge in [0, 0.05) is 24.1 Å². The van der Waals surface area contributed by atoms with Crippen molar-refractivity contribution in [2.24, 2.45) is 5.73 Å². The van der Waals surface area contributed by atoms with Gasteiger partial charge < -0.3 is 11.1 Å². The number of nitrogens with one attached hydrogen (secondary N) is 2. The number of aromatic nitrogens is 3. The third kappa shape index (κ3) is 3.38. The van der Waals surface area contributed by atoms with E-state index in [1.165, 1.54) is 18.5 Å². The zero-order valence-corrected chi connectivity index (χ0v) is 10.1. The second kappa shape index (κ2) is 5.76. The van der Waals surface area contributed by atoms with Crippen LogP contribution in [0.3, 0.4) is 0 Å². The molecule has 1 aromatic heterocycles. The van der Waals surface area contributed by atoms with Crippen LogP contribution in [0.1, 0.15) is 26.5 Å². The minimum Gasteiger partial charge on any atom is -0.366 e. The van der Waals surface area contributed by atoms with E-state index in [0.29, 0.717) is 29.9 Å². The van der Waals surface area contributed by atoms with Gasteiger partial charge in [-0.2, -0.15) is 5.10 Å². The first-order chi connectivity index (χ1) is 9.16. The van der Waals surface area contributed by atoms with Crippen LogP contribution in [0.25, 0.3) is 0 Å². The lowest BCUT2D eigenvalue weighted by molar-refractivity contribution is 0.0951. The molecule has 0 unspecified atom stereocenters. The number of nitrogens with zero attached hydrogens (tertiary/aromatic N) is 2. The fraction of sp³-hybridized carbons (Fsp3) is 0.167. The number of carbonyl (C=O) groups excluding carboxylic acids is 2. The molecule has 0 aliphatic rings. The fourth-order valence-corrected chi connectivity index (χ4v) is 1.53. The Hall–Kier alpha value is -2.70. The van der Waals surface area contributed by atoms with Gasteiger partial charge >= 0.3 is 0 Å². The Morgan fingerprint density at radius 3 is 2.47 bits per heavy atom. The minimum atomic E-state index is -0.516. The van der Waals surface area contributed by atoms with Crippen molar-refractivity contribution in [2.75, 3.05) is 6.54 Å². The summed E-state index contributed by atoms with van der Waals surface area (Å²) in [7, 11) is 0. The molecule has 0 radical (unpaired) electrons. The van der Waals surface area contributed by atoms with Gasteiger partial charge in [-0.3, -0.25) is 14.7 Å². The van der Waals surface area contributed by atoms with E-state index in [1.54, 1.807) is 12.1 Å². The molecule has 0 fully saturated rings. The van der Waals surface area contributed by atoms with E-state index in [-0.39, 0.29) is 5.91 Å². The van der Waals surface area contributed by atoms with Crippen molar-refractivity contribution in [1.29, 1.82) is 0 Å². The number of hydrogen-bond acceptors (Lipinski definition) is 4. The van der Waals surface area contributed by atoms with Gasteiger partial charge in [0.1, 0.15) is 12.2 Å². The van der Waals surface area contributed by atoms with Crippen molar-refractivity contribution < 1.29 is 9.59 Å². The number of amides is 2. The molecule has 19 heavy (non-hydrogen) atoms. The highest BCUT2D eigenvalue weighted by atomic mass is 16.2. The summed E-state index contributed by atoms with van der Waals surface area (Å²) in [4.78, 5) is 26.6. The SMILES string of the molecule is NC(=O)c1ccc(C(=O)NCCc2ncn[nH]2)cc1. The van der Waals surface area contributed by atoms with E-state index in [4.69, 9.17) is 5.73 Å². The van der Waals surface area contributed by atoms with Crippen LogP contribution in [0.15, 0.2) is 30.6 Å². The largest absolute Gasteiger partial charge is 0.366 e. The van der Waals surface area contributed by atoms with Crippen LogP contribution >= 0.6 is 0 Å². The summed E-state index contributed by atoms with van der Waals surface area (Å²) < 4.78 is 0. The Bertz CT molecular complexity index is 562. The highest BCUT2D eigenvalue weighted by Crippen LogP contribution is 2.03. The fourth-order valence-electron chi connectivity index (χ4n) is 1.53. The molecule has 2 aromatic rings. The standard InChI is InChI=1S/C12H13N5O2/c13-11(18)8-1-3-9(4-2-8)12(19)14-6-5-10-15-7-16-17-10/h1-4,7H,5-6H2,(H2,13,18)(H,14,19)(H,15,16,17). The lowest BCUT2D eigenvalue weighted by Gasteiger charge is -2.04. The Morgan fingerprint density at radius 1 is 1.21 bits per heavy atom. The smallest absolute Gasteiger partial charge is 0.251 e. The number of aromatic amines is 1. The average Bonchev–Trinajstić information content (AvgIpc) is 2.92. The molecule has 0 aliphatic carbocycles. The maximum atomic E-state index is 11.8. The predicted octanol–water partition coefficient (Wildman–Crippen LogP) is -0.124. The molecule has 1 heterocycles. The molecular formula is C12H13N5O2. The Labute approximate surface area is 109 Å². The molecule has 0 spiro atoms. The summed E-state index contributed by atoms with van der Waals surface area (Å²) in [5.41, 5.74) is 5.97. The van der Waals surface area contributed by atoms with Gasteiger partial charge in [-0.05, 0) is 24.3 Å². The maximum Gasteiger partial charge on any atom is 0.251 e. The zero-order chi connectivity index (χ0) is 13.7. The third-order valence-electron chi connectivity index (χ3n) is 2.54. The molecule has 0 aliphatic heterocycles. The topological polar surface area (TPSA) is 114 Å². The molecule has 7 heteroatoms. The number of carbonyl (C=O) groups is 2. The second-order valence-electron chi connectivity index (χ2n) is 3.88. The zero-order valence-electron chi connectivity index (χ0n) is 10.1. The second-order valence-corrected chi connectivity index (χ2v) is 3.88. The Balaban J connectivity index is 1.87. The predicted molar refractivity (Wildman–Crippen MR) is 67.4 cm³/mol. The summed E-state index contributed by atoms with van der Waals surface area (Å²) in [6.45, 7) is 0.450. The maximum absolute atomic E-state index is 11.8. The Kier molecular flexibility index (Phi) is 3.87. The van der Waals surface area contributed by atoms with Crippen molar-refractivity contribution in [1.82, 2.24) is 20.5 Å². The number of primary amides is 1. The monoisotopic (exact) mass is 259 g/mol. The van der Waals surface area contributed by atoms with E-state index in [1.807, 2.05) is 0 Å². The normalized spacial score (nSPS) is 10.1. The molecule has 0 saturated carbocycles. The number of H-pyrrole nitrogens is 1. The van der Waals surface area contributed by atoms with Crippen molar-refractivity contribution in [3.05, 3.63) is 47.5 Å². The molecule has 2 rings (SSSR count). The lowest BCUT2D eigenvalue weighted by atomic mass is 10.1. The summed E-state index contributed by atoms with van der Waals surface area (Å²) in [5, 5.41) is 9.16. The van der Waals surface area contributed by atoms with Gasteiger partial charge in [0.05, 0.1) is 0 Å². The van der Waals surface area contributed by atoms with Crippen LogP contribution in [0.5, 0.6) is 0 Å². The molecule has 1 aromatic carbocycles. The summed E-state index contributed by atoms with van der Waals surface area (Å²) in [6.07, 6.45) is 1.99. The van der Waals surface area contributed by atoms with Crippen molar-refractivity contribution in [2.45, 2.75) is 6.42 Å². The number of hydrogen-bond donors (Lipinski definition) is 3. The lowest BCUT2D eigenvalue weighted by Crippen LogP contribution is -2.26. The van der Waals surface area contributed by atoms with Crippen molar-refractivity contribution in [3.8, 4) is 0 Å². The number of rotatable bonds is 5. The van der Waals surface area contributed by atoms with Gasteiger partial charge in [-0.15, -0.1) is 0 Å². The van der Waals surface area contributed by atoms with Gasteiger partial charge in [0.25, 0.3) is 5.91 Å². The number of nitrogens with two attached hydrogens (primary N) is 1. The molecule has 0 bridgehead atoms. The van der Waals surface area contributed by atoms with Gasteiger partial charge in [0.15, 0.2) is 0 Å². The van der Waals surface area contributed by atoms with Crippen LogP contribution in [0.2, 0.25) is 0 Å². The van der Waals surface area contributed by atoms with E-state index in [0.717, 1.165) is 0 Å². The quantitative estimate of drug-likeness (QED) is 0.694. The summed E-state index contributed by atoms with van der Waals surface area (Å²) >= 11 is 0. The van der Waals surface area contributed by atoms with E-state index < -0.39 is 5.91 Å². The molecule has 4 N–H and O–H groups in total. The molecular weight excluding hydrogens is 246 g/mol. The molecule has 98 valence electrons. The minimum absolute atomic E-state index is 0.212. The van der Waals surface area contributed by atoms with Gasteiger partial charge in [0.2, 0.25) is 5.91 Å². The van der Waals surface area contributed by atoms with Crippen LogP contribution < -0.4 is 11.1 Å². The van der Waals surface area contributed by atoms with E-state index in [9.17, 15) is 9.59 Å². The molecule has 0 saturated heterocycles. The third-order valence-corrected chi connectivity index (χ3v) is 2.54. The molecule has 2 amide bonds. The van der Waals surface area contributed by atoms with E-state index >= 15 is 0 Å². The van der Waals surface area contributed by atoms with Crippen molar-refractivity contribution in [3.63, 3.8) is 0 Å². The van der Waals surface area contributed by atoms with Crippen LogP contribution in [-0.4, -0.2) is 33.5 Å². The van der Waals surface area contributed by atoms with Crippen molar-refractivity contribution >= 4 is 11.8 Å². The highest BCUT2D eigenvalue weighted by molar-refractivity contribution is 5.97. The average molecular weight is 259 g/mol.